The number of carboxylic acids is 1. The Morgan fingerprint density at radius 2 is 2.08 bits per heavy atom. The highest BCUT2D eigenvalue weighted by Crippen LogP contribution is 2.28. The van der Waals surface area contributed by atoms with Gasteiger partial charge in [-0.1, -0.05) is 0 Å². The number of ether oxygens (including phenoxy) is 2. The van der Waals surface area contributed by atoms with Crippen molar-refractivity contribution in [1.82, 2.24) is 20.2 Å². The van der Waals surface area contributed by atoms with E-state index in [9.17, 15) is 14.7 Å². The number of nitrogens with one attached hydrogen (secondary N) is 3. The number of fused-ring (bicyclic) bond motifs is 1. The number of hydrogen-bond donors (Lipinski definition) is 5. The Bertz CT molecular complexity index is 1430. The Morgan fingerprint density at radius 1 is 1.29 bits per heavy atom. The lowest BCUT2D eigenvalue weighted by atomic mass is 10.1. The molecule has 0 aliphatic carbocycles. The van der Waals surface area contributed by atoms with E-state index in [1.807, 2.05) is 0 Å². The second-order valence-electron chi connectivity index (χ2n) is 8.87. The van der Waals surface area contributed by atoms with Gasteiger partial charge in [-0.15, -0.1) is 0 Å². The van der Waals surface area contributed by atoms with Gasteiger partial charge in [0.1, 0.15) is 22.7 Å². The van der Waals surface area contributed by atoms with Gasteiger partial charge in [0.25, 0.3) is 0 Å². The molecule has 1 aliphatic heterocycles. The molecule has 1 saturated heterocycles. The number of anilines is 1. The third-order valence-corrected chi connectivity index (χ3v) is 6.41. The molecule has 0 spiro atoms. The summed E-state index contributed by atoms with van der Waals surface area (Å²) in [4.78, 5) is 31.0. The lowest BCUT2D eigenvalue weighted by Crippen LogP contribution is -2.40. The van der Waals surface area contributed by atoms with Gasteiger partial charge in [-0.25, -0.2) is 14.2 Å². The molecular formula is C25H30FN7O5. The maximum atomic E-state index is 15.3. The Morgan fingerprint density at radius 3 is 2.76 bits per heavy atom. The van der Waals surface area contributed by atoms with Gasteiger partial charge in [-0.05, 0) is 24.6 Å². The van der Waals surface area contributed by atoms with Gasteiger partial charge < -0.3 is 40.4 Å². The van der Waals surface area contributed by atoms with E-state index in [0.29, 0.717) is 43.2 Å². The highest BCUT2D eigenvalue weighted by Gasteiger charge is 2.27. The molecule has 0 saturated carbocycles. The van der Waals surface area contributed by atoms with Crippen LogP contribution in [0.5, 0.6) is 11.5 Å². The average Bonchev–Trinajstić information content (AvgIpc) is 3.36. The molecule has 0 bridgehead atoms. The number of aromatic carboxylic acids is 1. The number of aromatic nitrogens is 2. The summed E-state index contributed by atoms with van der Waals surface area (Å²) in [5, 5.41) is 22.8. The molecule has 1 aromatic carbocycles. The van der Waals surface area contributed by atoms with Crippen LogP contribution in [-0.2, 0) is 6.54 Å². The Kier molecular flexibility index (Phi) is 7.96. The zero-order valence-electron chi connectivity index (χ0n) is 21.1. The maximum absolute atomic E-state index is 15.3. The SMILES string of the molecule is COc1ccc(Cn2cc(C(=O)O)c(=O)c3cc(F)c(N4CCC(NCCNC(=N)N)C4)nc32)c(OC)c1. The molecule has 4 rings (SSSR count). The van der Waals surface area contributed by atoms with Gasteiger partial charge in [-0.2, -0.15) is 0 Å². The summed E-state index contributed by atoms with van der Waals surface area (Å²) in [5.41, 5.74) is 4.85. The predicted molar refractivity (Wildman–Crippen MR) is 140 cm³/mol. The molecule has 1 aliphatic rings. The third kappa shape index (κ3) is 5.62. The minimum absolute atomic E-state index is 0.0702. The summed E-state index contributed by atoms with van der Waals surface area (Å²) >= 11 is 0. The Labute approximate surface area is 217 Å². The quantitative estimate of drug-likeness (QED) is 0.145. The van der Waals surface area contributed by atoms with Crippen molar-refractivity contribution in [2.45, 2.75) is 19.0 Å². The lowest BCUT2D eigenvalue weighted by molar-refractivity contribution is 0.0695. The van der Waals surface area contributed by atoms with Crippen molar-refractivity contribution in [2.75, 3.05) is 45.3 Å². The standard InChI is InChI=1S/C25H30FN7O5/c1-37-16-4-3-14(20(9-16)38-2)11-33-13-18(24(35)36)21(34)17-10-19(26)23(31-22(17)33)32-8-5-15(12-32)29-6-7-30-25(27)28/h3-4,9-10,13,15,29H,5-8,11-12H2,1-2H3,(H,35,36)(H4,27,28,30). The Balaban J connectivity index is 1.70. The van der Waals surface area contributed by atoms with Crippen LogP contribution in [0, 0.1) is 11.2 Å². The first-order valence-electron chi connectivity index (χ1n) is 12.0. The van der Waals surface area contributed by atoms with E-state index >= 15 is 4.39 Å². The van der Waals surface area contributed by atoms with Gasteiger partial charge in [0.05, 0.1) is 26.2 Å². The number of guanidine groups is 1. The number of carboxylic acid groups (broad SMARTS) is 1. The van der Waals surface area contributed by atoms with E-state index in [2.05, 4.69) is 15.6 Å². The molecule has 38 heavy (non-hydrogen) atoms. The molecule has 13 heteroatoms. The highest BCUT2D eigenvalue weighted by atomic mass is 19.1. The summed E-state index contributed by atoms with van der Waals surface area (Å²) in [6, 6.07) is 6.33. The fourth-order valence-electron chi connectivity index (χ4n) is 4.53. The largest absolute Gasteiger partial charge is 0.497 e. The van der Waals surface area contributed by atoms with Crippen LogP contribution < -0.4 is 36.2 Å². The van der Waals surface area contributed by atoms with E-state index in [1.165, 1.54) is 25.0 Å². The van der Waals surface area contributed by atoms with Crippen LogP contribution >= 0.6 is 0 Å². The van der Waals surface area contributed by atoms with Crippen LogP contribution in [0.2, 0.25) is 0 Å². The number of hydrogen-bond acceptors (Lipinski definition) is 8. The Hall–Kier alpha value is -4.39. The van der Waals surface area contributed by atoms with Crippen LogP contribution in [0.1, 0.15) is 22.3 Å². The fraction of sp³-hybridized carbons (Fsp3) is 0.360. The zero-order valence-corrected chi connectivity index (χ0v) is 21.1. The fourth-order valence-corrected chi connectivity index (χ4v) is 4.53. The van der Waals surface area contributed by atoms with Crippen LogP contribution in [0.4, 0.5) is 10.2 Å². The number of benzene rings is 1. The molecule has 3 aromatic rings. The molecule has 6 N–H and O–H groups in total. The molecule has 3 heterocycles. The minimum Gasteiger partial charge on any atom is -0.497 e. The van der Waals surface area contributed by atoms with Crippen LogP contribution in [0.15, 0.2) is 35.3 Å². The summed E-state index contributed by atoms with van der Waals surface area (Å²) in [7, 11) is 3.04. The predicted octanol–water partition coefficient (Wildman–Crippen LogP) is 0.951. The molecule has 1 atom stereocenters. The van der Waals surface area contributed by atoms with E-state index in [0.717, 1.165) is 12.5 Å². The minimum atomic E-state index is -1.41. The van der Waals surface area contributed by atoms with Crippen molar-refractivity contribution in [3.05, 3.63) is 57.6 Å². The van der Waals surface area contributed by atoms with Crippen molar-refractivity contribution in [2.24, 2.45) is 5.73 Å². The molecule has 1 fully saturated rings. The molecule has 1 unspecified atom stereocenters. The average molecular weight is 528 g/mol. The summed E-state index contributed by atoms with van der Waals surface area (Å²) in [6.07, 6.45) is 1.97. The second-order valence-corrected chi connectivity index (χ2v) is 8.87. The number of carbonyl (C=O) groups is 1. The molecule has 12 nitrogen and oxygen atoms in total. The van der Waals surface area contributed by atoms with E-state index < -0.39 is 22.8 Å². The number of methoxy groups -OCH3 is 2. The van der Waals surface area contributed by atoms with E-state index in [1.54, 1.807) is 23.1 Å². The normalized spacial score (nSPS) is 15.0. The highest BCUT2D eigenvalue weighted by molar-refractivity contribution is 5.92. The first-order valence-corrected chi connectivity index (χ1v) is 12.0. The van der Waals surface area contributed by atoms with Gasteiger partial charge in [0.2, 0.25) is 5.43 Å². The van der Waals surface area contributed by atoms with Crippen LogP contribution in [0.25, 0.3) is 11.0 Å². The summed E-state index contributed by atoms with van der Waals surface area (Å²) < 4.78 is 27.5. The summed E-state index contributed by atoms with van der Waals surface area (Å²) in [6.45, 7) is 2.21. The van der Waals surface area contributed by atoms with Crippen molar-refractivity contribution in [1.29, 1.82) is 5.41 Å². The number of pyridine rings is 2. The number of nitrogens with zero attached hydrogens (tertiary/aromatic N) is 3. The van der Waals surface area contributed by atoms with Crippen molar-refractivity contribution in [3.63, 3.8) is 0 Å². The molecule has 0 radical (unpaired) electrons. The van der Waals surface area contributed by atoms with Gasteiger partial charge in [0, 0.05) is 50.0 Å². The van der Waals surface area contributed by atoms with Gasteiger partial charge >= 0.3 is 5.97 Å². The smallest absolute Gasteiger partial charge is 0.341 e. The van der Waals surface area contributed by atoms with Gasteiger partial charge in [0.15, 0.2) is 17.6 Å². The topological polar surface area (TPSA) is 168 Å². The number of rotatable bonds is 10. The van der Waals surface area contributed by atoms with Gasteiger partial charge in [-0.3, -0.25) is 10.2 Å². The first-order chi connectivity index (χ1) is 18.2. The third-order valence-electron chi connectivity index (χ3n) is 6.41. The summed E-state index contributed by atoms with van der Waals surface area (Å²) in [5.74, 6) is -1.05. The van der Waals surface area contributed by atoms with Crippen LogP contribution in [0.3, 0.4) is 0 Å². The van der Waals surface area contributed by atoms with Crippen LogP contribution in [-0.4, -0.2) is 73.0 Å². The van der Waals surface area contributed by atoms with Crippen molar-refractivity contribution in [3.8, 4) is 11.5 Å². The van der Waals surface area contributed by atoms with Crippen molar-refractivity contribution < 1.29 is 23.8 Å². The van der Waals surface area contributed by atoms with E-state index in [-0.39, 0.29) is 35.4 Å². The second kappa shape index (κ2) is 11.3. The molecule has 202 valence electrons. The monoisotopic (exact) mass is 527 g/mol. The maximum Gasteiger partial charge on any atom is 0.341 e. The lowest BCUT2D eigenvalue weighted by Gasteiger charge is -2.21. The molecule has 0 amide bonds. The molecular weight excluding hydrogens is 497 g/mol. The zero-order chi connectivity index (χ0) is 27.4. The number of halogens is 1. The number of nitrogens with two attached hydrogens (primary N) is 1. The molecule has 2 aromatic heterocycles. The first kappa shape index (κ1) is 26.7. The van der Waals surface area contributed by atoms with E-state index in [4.69, 9.17) is 20.6 Å². The van der Waals surface area contributed by atoms with Crippen molar-refractivity contribution >= 4 is 28.8 Å².